The molecule has 0 saturated carbocycles. The Morgan fingerprint density at radius 1 is 0.750 bits per heavy atom. The molecular weight excluding hydrogens is 458 g/mol. The summed E-state index contributed by atoms with van der Waals surface area (Å²) >= 11 is 0. The molecule has 194 valence electrons. The molecule has 0 aromatic heterocycles. The van der Waals surface area contributed by atoms with Gasteiger partial charge in [-0.25, -0.2) is 0 Å². The molecule has 9 nitrogen and oxygen atoms in total. The number of amides is 2. The molecule has 0 unspecified atom stereocenters. The lowest BCUT2D eigenvalue weighted by Crippen LogP contribution is -2.36. The highest BCUT2D eigenvalue weighted by atomic mass is 16.5. The van der Waals surface area contributed by atoms with Crippen LogP contribution >= 0.6 is 0 Å². The maximum atomic E-state index is 12.6. The lowest BCUT2D eigenvalue weighted by atomic mass is 10.2. The summed E-state index contributed by atoms with van der Waals surface area (Å²) in [6, 6.07) is 15.8. The van der Waals surface area contributed by atoms with E-state index >= 15 is 0 Å². The molecule has 2 amide bonds. The van der Waals surface area contributed by atoms with Gasteiger partial charge in [0.1, 0.15) is 0 Å². The van der Waals surface area contributed by atoms with Crippen LogP contribution in [0.15, 0.2) is 48.5 Å². The van der Waals surface area contributed by atoms with Crippen molar-refractivity contribution in [1.82, 2.24) is 4.90 Å². The van der Waals surface area contributed by atoms with Gasteiger partial charge in [-0.3, -0.25) is 14.5 Å². The molecule has 2 aromatic rings. The zero-order valence-corrected chi connectivity index (χ0v) is 21.1. The first-order chi connectivity index (χ1) is 17.6. The van der Waals surface area contributed by atoms with Crippen LogP contribution in [0.4, 0.5) is 22.7 Å². The fourth-order valence-electron chi connectivity index (χ4n) is 4.39. The van der Waals surface area contributed by atoms with Crippen molar-refractivity contribution >= 4 is 34.6 Å². The van der Waals surface area contributed by atoms with Crippen LogP contribution in [0, 0.1) is 0 Å². The number of carbonyl (C=O) groups excluding carboxylic acids is 2. The highest BCUT2D eigenvalue weighted by Crippen LogP contribution is 2.20. The SMILES string of the molecule is CCN(CCC(=O)Nc1ccc(N2CCOCC2)cc1)CC(=O)Nc1ccc(N2CCOCC2)cc1. The molecule has 0 bridgehead atoms. The van der Waals surface area contributed by atoms with E-state index in [4.69, 9.17) is 9.47 Å². The van der Waals surface area contributed by atoms with E-state index in [1.165, 1.54) is 0 Å². The van der Waals surface area contributed by atoms with Crippen molar-refractivity contribution in [2.45, 2.75) is 13.3 Å². The Kier molecular flexibility index (Phi) is 9.54. The van der Waals surface area contributed by atoms with Crippen molar-refractivity contribution in [3.63, 3.8) is 0 Å². The van der Waals surface area contributed by atoms with Gasteiger partial charge in [0, 0.05) is 61.9 Å². The highest BCUT2D eigenvalue weighted by molar-refractivity contribution is 5.93. The third-order valence-electron chi connectivity index (χ3n) is 6.52. The second-order valence-corrected chi connectivity index (χ2v) is 9.01. The molecule has 2 aliphatic rings. The van der Waals surface area contributed by atoms with Crippen LogP contribution in [0.2, 0.25) is 0 Å². The molecule has 2 aliphatic heterocycles. The first-order valence-corrected chi connectivity index (χ1v) is 12.8. The van der Waals surface area contributed by atoms with E-state index in [1.807, 2.05) is 60.4 Å². The van der Waals surface area contributed by atoms with Crippen LogP contribution in [0.1, 0.15) is 13.3 Å². The smallest absolute Gasteiger partial charge is 0.238 e. The topological polar surface area (TPSA) is 86.4 Å². The predicted octanol–water partition coefficient (Wildman–Crippen LogP) is 2.65. The normalized spacial score (nSPS) is 16.2. The number of ether oxygens (including phenoxy) is 2. The molecule has 2 fully saturated rings. The summed E-state index contributed by atoms with van der Waals surface area (Å²) in [5, 5.41) is 5.92. The monoisotopic (exact) mass is 495 g/mol. The molecule has 2 heterocycles. The molecule has 0 spiro atoms. The van der Waals surface area contributed by atoms with Crippen LogP contribution in [0.5, 0.6) is 0 Å². The lowest BCUT2D eigenvalue weighted by molar-refractivity contribution is -0.119. The fraction of sp³-hybridized carbons (Fsp3) is 0.481. The minimum Gasteiger partial charge on any atom is -0.378 e. The third-order valence-corrected chi connectivity index (χ3v) is 6.52. The van der Waals surface area contributed by atoms with E-state index in [-0.39, 0.29) is 18.4 Å². The van der Waals surface area contributed by atoms with Crippen molar-refractivity contribution in [3.8, 4) is 0 Å². The minimum atomic E-state index is -0.0879. The zero-order valence-electron chi connectivity index (χ0n) is 21.1. The van der Waals surface area contributed by atoms with Crippen LogP contribution in [-0.4, -0.2) is 89.0 Å². The minimum absolute atomic E-state index is 0.0633. The molecular formula is C27H37N5O4. The van der Waals surface area contributed by atoms with Crippen LogP contribution in [0.25, 0.3) is 0 Å². The summed E-state index contributed by atoms with van der Waals surface area (Å²) in [5.74, 6) is -0.151. The van der Waals surface area contributed by atoms with Crippen molar-refractivity contribution in [3.05, 3.63) is 48.5 Å². The van der Waals surface area contributed by atoms with Gasteiger partial charge in [0.05, 0.1) is 33.0 Å². The number of carbonyl (C=O) groups is 2. The van der Waals surface area contributed by atoms with Crippen molar-refractivity contribution in [2.24, 2.45) is 0 Å². The van der Waals surface area contributed by atoms with E-state index < -0.39 is 0 Å². The van der Waals surface area contributed by atoms with E-state index in [0.29, 0.717) is 19.5 Å². The van der Waals surface area contributed by atoms with Crippen LogP contribution in [-0.2, 0) is 19.1 Å². The largest absolute Gasteiger partial charge is 0.378 e. The molecule has 2 aromatic carbocycles. The fourth-order valence-corrected chi connectivity index (χ4v) is 4.39. The van der Waals surface area contributed by atoms with Crippen molar-refractivity contribution < 1.29 is 19.1 Å². The average Bonchev–Trinajstić information content (AvgIpc) is 2.93. The lowest BCUT2D eigenvalue weighted by Gasteiger charge is -2.29. The molecule has 9 heteroatoms. The summed E-state index contributed by atoms with van der Waals surface area (Å²) in [6.45, 7) is 9.91. The van der Waals surface area contributed by atoms with Gasteiger partial charge in [-0.05, 0) is 55.1 Å². The Hall–Kier alpha value is -3.14. The average molecular weight is 496 g/mol. The highest BCUT2D eigenvalue weighted by Gasteiger charge is 2.14. The van der Waals surface area contributed by atoms with Gasteiger partial charge < -0.3 is 29.9 Å². The standard InChI is InChI=1S/C27H37N5O4/c1-2-30(21-27(34)29-23-5-9-25(10-6-23)32-15-19-36-20-16-32)12-11-26(33)28-22-3-7-24(8-4-22)31-13-17-35-18-14-31/h3-10H,2,11-21H2,1H3,(H,28,33)(H,29,34). The Morgan fingerprint density at radius 3 is 1.64 bits per heavy atom. The second kappa shape index (κ2) is 13.2. The summed E-state index contributed by atoms with van der Waals surface area (Å²) in [4.78, 5) is 31.6. The van der Waals surface area contributed by atoms with E-state index in [1.54, 1.807) is 0 Å². The van der Waals surface area contributed by atoms with Crippen LogP contribution in [0.3, 0.4) is 0 Å². The molecule has 36 heavy (non-hydrogen) atoms. The maximum absolute atomic E-state index is 12.6. The number of likely N-dealkylation sites (N-methyl/N-ethyl adjacent to an activating group) is 1. The summed E-state index contributed by atoms with van der Waals surface area (Å²) in [6.07, 6.45) is 0.320. The van der Waals surface area contributed by atoms with E-state index in [9.17, 15) is 9.59 Å². The quantitative estimate of drug-likeness (QED) is 0.524. The summed E-state index contributed by atoms with van der Waals surface area (Å²) in [7, 11) is 0. The Balaban J connectivity index is 1.18. The van der Waals surface area contributed by atoms with Crippen molar-refractivity contribution in [1.29, 1.82) is 0 Å². The van der Waals surface area contributed by atoms with Crippen LogP contribution < -0.4 is 20.4 Å². The summed E-state index contributed by atoms with van der Waals surface area (Å²) < 4.78 is 10.8. The Labute approximate surface area is 213 Å². The molecule has 0 aliphatic carbocycles. The van der Waals surface area contributed by atoms with Gasteiger partial charge in [-0.2, -0.15) is 0 Å². The van der Waals surface area contributed by atoms with Gasteiger partial charge in [-0.1, -0.05) is 6.92 Å². The number of nitrogens with zero attached hydrogens (tertiary/aromatic N) is 3. The summed E-state index contributed by atoms with van der Waals surface area (Å²) in [5.41, 5.74) is 3.81. The zero-order chi connectivity index (χ0) is 25.2. The second-order valence-electron chi connectivity index (χ2n) is 9.01. The molecule has 2 saturated heterocycles. The Morgan fingerprint density at radius 2 is 1.19 bits per heavy atom. The van der Waals surface area contributed by atoms with E-state index in [2.05, 4.69) is 20.4 Å². The molecule has 4 rings (SSSR count). The third kappa shape index (κ3) is 7.68. The van der Waals surface area contributed by atoms with Gasteiger partial charge in [-0.15, -0.1) is 0 Å². The van der Waals surface area contributed by atoms with E-state index in [0.717, 1.165) is 75.4 Å². The number of hydrogen-bond acceptors (Lipinski definition) is 7. The molecule has 2 N–H and O–H groups in total. The molecule has 0 atom stereocenters. The van der Waals surface area contributed by atoms with Gasteiger partial charge in [0.25, 0.3) is 0 Å². The van der Waals surface area contributed by atoms with Gasteiger partial charge in [0.15, 0.2) is 0 Å². The maximum Gasteiger partial charge on any atom is 0.238 e. The number of morpholine rings is 2. The van der Waals surface area contributed by atoms with Crippen molar-refractivity contribution in [2.75, 3.05) is 92.7 Å². The van der Waals surface area contributed by atoms with Gasteiger partial charge >= 0.3 is 0 Å². The first-order valence-electron chi connectivity index (χ1n) is 12.8. The number of anilines is 4. The number of hydrogen-bond donors (Lipinski definition) is 2. The van der Waals surface area contributed by atoms with Gasteiger partial charge in [0.2, 0.25) is 11.8 Å². The number of nitrogens with one attached hydrogen (secondary N) is 2. The molecule has 0 radical (unpaired) electrons. The predicted molar refractivity (Wildman–Crippen MR) is 143 cm³/mol. The number of rotatable bonds is 10. The number of benzene rings is 2. The Bertz CT molecular complexity index is 971. The first kappa shape index (κ1) is 25.9.